The highest BCUT2D eigenvalue weighted by Gasteiger charge is 2.33. The van der Waals surface area contributed by atoms with Crippen molar-refractivity contribution < 1.29 is 0 Å². The Morgan fingerprint density at radius 1 is 0.362 bits per heavy atom. The van der Waals surface area contributed by atoms with E-state index in [9.17, 15) is 0 Å². The SMILES string of the molecule is CC(C)(C)c1ccc(N(c2ccc(C(C)(C)C)cc2)c2cccc(N(c3ccc4ccccc4c3)c3cc(C(C)(C)C)cc(N4c5ccccc5-n5c6ccccc6c6cccc4c65)c3Cl)c2)cc1. The van der Waals surface area contributed by atoms with Crippen LogP contribution < -0.4 is 14.7 Å². The summed E-state index contributed by atoms with van der Waals surface area (Å²) in [5.41, 5.74) is 16.3. The molecule has 0 fully saturated rings. The molecule has 11 rings (SSSR count). The van der Waals surface area contributed by atoms with E-state index in [2.05, 4.69) is 276 Å². The Bertz CT molecular complexity index is 3520. The molecule has 9 aromatic carbocycles. The Morgan fingerprint density at radius 2 is 0.870 bits per heavy atom. The fourth-order valence-corrected chi connectivity index (χ4v) is 10.5. The topological polar surface area (TPSA) is 14.7 Å². The molecule has 342 valence electrons. The van der Waals surface area contributed by atoms with Crippen LogP contribution in [0.25, 0.3) is 38.3 Å². The van der Waals surface area contributed by atoms with Crippen LogP contribution in [0.4, 0.5) is 51.2 Å². The lowest BCUT2D eigenvalue weighted by atomic mass is 9.86. The summed E-state index contributed by atoms with van der Waals surface area (Å²) in [6, 6.07) is 71.2. The maximum absolute atomic E-state index is 8.18. The van der Waals surface area contributed by atoms with Crippen LogP contribution >= 0.6 is 11.6 Å². The second-order valence-electron chi connectivity index (χ2n) is 21.7. The molecule has 1 aliphatic heterocycles. The number of fused-ring (bicyclic) bond motifs is 6. The molecule has 1 aliphatic rings. The van der Waals surface area contributed by atoms with E-state index in [0.717, 1.165) is 62.3 Å². The minimum absolute atomic E-state index is 0.0267. The van der Waals surface area contributed by atoms with Crippen molar-refractivity contribution in [2.24, 2.45) is 0 Å². The van der Waals surface area contributed by atoms with Gasteiger partial charge in [-0.15, -0.1) is 0 Å². The van der Waals surface area contributed by atoms with Gasteiger partial charge in [-0.1, -0.05) is 177 Å². The van der Waals surface area contributed by atoms with Crippen molar-refractivity contribution in [1.29, 1.82) is 0 Å². The Kier molecular flexibility index (Phi) is 10.6. The van der Waals surface area contributed by atoms with E-state index in [0.29, 0.717) is 5.02 Å². The molecule has 0 radical (unpaired) electrons. The van der Waals surface area contributed by atoms with Crippen molar-refractivity contribution in [1.82, 2.24) is 4.57 Å². The minimum Gasteiger partial charge on any atom is -0.310 e. The van der Waals surface area contributed by atoms with Crippen LogP contribution in [-0.4, -0.2) is 4.57 Å². The van der Waals surface area contributed by atoms with Crippen LogP contribution in [0.2, 0.25) is 5.02 Å². The van der Waals surface area contributed by atoms with Gasteiger partial charge in [0.25, 0.3) is 0 Å². The predicted octanol–water partition coefficient (Wildman–Crippen LogP) is 19.2. The third-order valence-electron chi connectivity index (χ3n) is 14.0. The molecule has 1 aromatic heterocycles. The van der Waals surface area contributed by atoms with Crippen molar-refractivity contribution in [3.8, 4) is 5.69 Å². The first-order valence-electron chi connectivity index (χ1n) is 24.2. The molecule has 0 unspecified atom stereocenters. The molecule has 10 aromatic rings. The second kappa shape index (κ2) is 16.5. The van der Waals surface area contributed by atoms with Gasteiger partial charge in [0.1, 0.15) is 0 Å². The first-order chi connectivity index (χ1) is 33.0. The zero-order valence-corrected chi connectivity index (χ0v) is 41.9. The number of para-hydroxylation sites is 4. The largest absolute Gasteiger partial charge is 0.310 e. The molecule has 0 saturated heterocycles. The summed E-state index contributed by atoms with van der Waals surface area (Å²) in [6.45, 7) is 20.5. The summed E-state index contributed by atoms with van der Waals surface area (Å²) in [4.78, 5) is 7.15. The Balaban J connectivity index is 1.16. The lowest BCUT2D eigenvalue weighted by molar-refractivity contribution is 0.590. The third kappa shape index (κ3) is 7.72. The van der Waals surface area contributed by atoms with E-state index >= 15 is 0 Å². The van der Waals surface area contributed by atoms with E-state index in [4.69, 9.17) is 11.6 Å². The Hall–Kier alpha value is -7.27. The molecule has 2 heterocycles. The first-order valence-corrected chi connectivity index (χ1v) is 24.6. The summed E-state index contributed by atoms with van der Waals surface area (Å²) in [5, 5.41) is 5.44. The molecule has 0 saturated carbocycles. The molecule has 69 heavy (non-hydrogen) atoms. The van der Waals surface area contributed by atoms with E-state index < -0.39 is 0 Å². The molecule has 0 bridgehead atoms. The van der Waals surface area contributed by atoms with Crippen LogP contribution in [-0.2, 0) is 16.2 Å². The van der Waals surface area contributed by atoms with Crippen molar-refractivity contribution in [3.05, 3.63) is 216 Å². The quantitative estimate of drug-likeness (QED) is 0.158. The average Bonchev–Trinajstić information content (AvgIpc) is 3.68. The van der Waals surface area contributed by atoms with Gasteiger partial charge in [0.2, 0.25) is 0 Å². The van der Waals surface area contributed by atoms with Gasteiger partial charge in [-0.05, 0) is 135 Å². The minimum atomic E-state index is -0.226. The number of hydrogen-bond acceptors (Lipinski definition) is 3. The van der Waals surface area contributed by atoms with Crippen molar-refractivity contribution >= 4 is 95.4 Å². The van der Waals surface area contributed by atoms with E-state index in [1.54, 1.807) is 0 Å². The summed E-state index contributed by atoms with van der Waals surface area (Å²) in [6.07, 6.45) is 0. The van der Waals surface area contributed by atoms with E-state index in [-0.39, 0.29) is 16.2 Å². The highest BCUT2D eigenvalue weighted by molar-refractivity contribution is 6.37. The first kappa shape index (κ1) is 44.2. The highest BCUT2D eigenvalue weighted by atomic mass is 35.5. The van der Waals surface area contributed by atoms with Gasteiger partial charge in [0.05, 0.1) is 44.5 Å². The fourth-order valence-electron chi connectivity index (χ4n) is 10.2. The number of nitrogens with zero attached hydrogens (tertiary/aromatic N) is 4. The summed E-state index contributed by atoms with van der Waals surface area (Å²) in [7, 11) is 0. The average molecular weight is 920 g/mol. The maximum atomic E-state index is 8.18. The van der Waals surface area contributed by atoms with Gasteiger partial charge in [-0.2, -0.15) is 0 Å². The summed E-state index contributed by atoms with van der Waals surface area (Å²) in [5.74, 6) is 0. The molecule has 0 spiro atoms. The smallest absolute Gasteiger partial charge is 0.0887 e. The normalized spacial score (nSPS) is 12.8. The van der Waals surface area contributed by atoms with Crippen molar-refractivity contribution in [2.45, 2.75) is 78.6 Å². The van der Waals surface area contributed by atoms with Crippen LogP contribution in [0.3, 0.4) is 0 Å². The van der Waals surface area contributed by atoms with Gasteiger partial charge in [0, 0.05) is 39.2 Å². The molecular formula is C64H59ClN4. The Morgan fingerprint density at radius 3 is 1.52 bits per heavy atom. The monoisotopic (exact) mass is 918 g/mol. The fraction of sp³-hybridized carbons (Fsp3) is 0.188. The zero-order valence-electron chi connectivity index (χ0n) is 41.1. The number of aromatic nitrogens is 1. The Labute approximate surface area is 412 Å². The summed E-state index contributed by atoms with van der Waals surface area (Å²) >= 11 is 8.18. The van der Waals surface area contributed by atoms with Gasteiger partial charge >= 0.3 is 0 Å². The molecule has 0 atom stereocenters. The third-order valence-corrected chi connectivity index (χ3v) is 14.4. The molecule has 4 nitrogen and oxygen atoms in total. The van der Waals surface area contributed by atoms with Crippen LogP contribution in [0.1, 0.15) is 79.0 Å². The highest BCUT2D eigenvalue weighted by Crippen LogP contribution is 2.55. The summed E-state index contributed by atoms with van der Waals surface area (Å²) < 4.78 is 2.43. The molecule has 0 N–H and O–H groups in total. The maximum Gasteiger partial charge on any atom is 0.0887 e. The number of benzene rings is 9. The number of anilines is 9. The molecule has 0 aliphatic carbocycles. The van der Waals surface area contributed by atoms with Gasteiger partial charge in [-0.25, -0.2) is 0 Å². The number of hydrogen-bond donors (Lipinski definition) is 0. The molecular weight excluding hydrogens is 860 g/mol. The van der Waals surface area contributed by atoms with Gasteiger partial charge in [-0.3, -0.25) is 0 Å². The number of rotatable bonds is 7. The lowest BCUT2D eigenvalue weighted by Gasteiger charge is -2.36. The standard InChI is InChI=1S/C64H59ClN4/c1-62(2,3)44-29-34-47(35-30-44)66(48-36-31-45(32-37-48)63(4,5)6)49-20-16-21-50(41-49)67(51-33-28-42-18-10-11-19-43(42)38-51)58-39-46(64(7,8)9)40-59(60(58)65)68-55-25-14-15-26-56(55)69-54-24-13-12-22-52(54)53-23-17-27-57(68)61(53)69/h10-41H,1-9H3. The van der Waals surface area contributed by atoms with Crippen molar-refractivity contribution in [3.63, 3.8) is 0 Å². The van der Waals surface area contributed by atoms with Gasteiger partial charge in [0.15, 0.2) is 0 Å². The lowest BCUT2D eigenvalue weighted by Crippen LogP contribution is -2.21. The van der Waals surface area contributed by atoms with Gasteiger partial charge < -0.3 is 19.3 Å². The molecule has 0 amide bonds. The van der Waals surface area contributed by atoms with Crippen LogP contribution in [0, 0.1) is 0 Å². The second-order valence-corrected chi connectivity index (χ2v) is 22.1. The van der Waals surface area contributed by atoms with Crippen LogP contribution in [0.5, 0.6) is 0 Å². The predicted molar refractivity (Wildman–Crippen MR) is 297 cm³/mol. The zero-order chi connectivity index (χ0) is 48.0. The van der Waals surface area contributed by atoms with E-state index in [1.165, 1.54) is 43.9 Å². The van der Waals surface area contributed by atoms with Crippen molar-refractivity contribution in [2.75, 3.05) is 14.7 Å². The molecule has 5 heteroatoms. The number of halogens is 1. The van der Waals surface area contributed by atoms with Crippen LogP contribution in [0.15, 0.2) is 194 Å². The van der Waals surface area contributed by atoms with E-state index in [1.807, 2.05) is 0 Å².